The van der Waals surface area contributed by atoms with Gasteiger partial charge in [0.05, 0.1) is 29.6 Å². The van der Waals surface area contributed by atoms with Crippen LogP contribution in [-0.2, 0) is 30.5 Å². The predicted molar refractivity (Wildman–Crippen MR) is 247 cm³/mol. The second-order valence-corrected chi connectivity index (χ2v) is 16.6. The molecule has 0 spiro atoms. The predicted octanol–water partition coefficient (Wildman–Crippen LogP) is 2.41. The van der Waals surface area contributed by atoms with Gasteiger partial charge in [-0.15, -0.1) is 0 Å². The van der Waals surface area contributed by atoms with E-state index in [9.17, 15) is 43.5 Å². The van der Waals surface area contributed by atoms with Crippen LogP contribution in [0.5, 0.6) is 5.75 Å². The maximum atomic E-state index is 13.2. The summed E-state index contributed by atoms with van der Waals surface area (Å²) in [4.78, 5) is 119. The van der Waals surface area contributed by atoms with E-state index in [0.717, 1.165) is 68.4 Å². The topological polar surface area (TPSA) is 324 Å². The Balaban J connectivity index is 0.770. The van der Waals surface area contributed by atoms with Crippen LogP contribution in [0.4, 0.5) is 17.5 Å². The molecule has 2 aromatic carbocycles. The van der Waals surface area contributed by atoms with Crippen molar-refractivity contribution in [3.05, 3.63) is 71.0 Å². The molecule has 2 atom stereocenters. The number of unbranched alkanes of at least 4 members (excludes halogenated alkanes) is 8. The van der Waals surface area contributed by atoms with Gasteiger partial charge in [-0.1, -0.05) is 51.0 Å². The summed E-state index contributed by atoms with van der Waals surface area (Å²) < 4.78 is 5.63. The van der Waals surface area contributed by atoms with Crippen LogP contribution in [0.3, 0.4) is 0 Å². The third-order valence-corrected chi connectivity index (χ3v) is 11.5. The first-order valence-corrected chi connectivity index (χ1v) is 22.6. The number of amides is 7. The van der Waals surface area contributed by atoms with E-state index in [1.165, 1.54) is 18.2 Å². The molecule has 22 heteroatoms. The minimum atomic E-state index is -1.25. The number of rotatable bonds is 25. The summed E-state index contributed by atoms with van der Waals surface area (Å²) in [6.07, 6.45) is 10.1. The molecule has 6 rings (SSSR count). The molecule has 68 heavy (non-hydrogen) atoms. The molecule has 2 aromatic heterocycles. The second-order valence-electron chi connectivity index (χ2n) is 16.6. The van der Waals surface area contributed by atoms with E-state index in [4.69, 9.17) is 16.2 Å². The lowest BCUT2D eigenvalue weighted by Gasteiger charge is -2.27. The Morgan fingerprint density at radius 3 is 2.19 bits per heavy atom. The number of imide groups is 2. The van der Waals surface area contributed by atoms with E-state index >= 15 is 0 Å². The van der Waals surface area contributed by atoms with Gasteiger partial charge in [-0.25, -0.2) is 14.8 Å². The summed E-state index contributed by atoms with van der Waals surface area (Å²) >= 11 is 0. The number of ether oxygens (including phenoxy) is 1. The van der Waals surface area contributed by atoms with Gasteiger partial charge in [0.15, 0.2) is 23.6 Å². The average Bonchev–Trinajstić information content (AvgIpc) is 3.57. The number of carbonyl (C=O) groups is 8. The van der Waals surface area contributed by atoms with Crippen LogP contribution in [0.15, 0.2) is 48.7 Å². The molecule has 1 unspecified atom stereocenters. The van der Waals surface area contributed by atoms with Crippen molar-refractivity contribution in [3.8, 4) is 5.75 Å². The van der Waals surface area contributed by atoms with E-state index in [1.807, 2.05) is 11.9 Å². The number of nitrogens with zero attached hydrogens (tertiary/aromatic N) is 6. The Morgan fingerprint density at radius 1 is 0.868 bits per heavy atom. The minimum Gasteiger partial charge on any atom is -0.483 e. The Bertz CT molecular complexity index is 2540. The number of aliphatic carboxylic acids is 1. The van der Waals surface area contributed by atoms with E-state index in [1.54, 1.807) is 30.5 Å². The fourth-order valence-electron chi connectivity index (χ4n) is 7.86. The van der Waals surface area contributed by atoms with Crippen LogP contribution >= 0.6 is 0 Å². The van der Waals surface area contributed by atoms with E-state index in [0.29, 0.717) is 30.8 Å². The molecule has 0 aliphatic carbocycles. The summed E-state index contributed by atoms with van der Waals surface area (Å²) in [6.45, 7) is 0.924. The van der Waals surface area contributed by atoms with Gasteiger partial charge in [0.1, 0.15) is 17.8 Å². The van der Waals surface area contributed by atoms with E-state index in [2.05, 4.69) is 41.2 Å². The van der Waals surface area contributed by atoms with Crippen molar-refractivity contribution in [2.45, 2.75) is 102 Å². The maximum absolute atomic E-state index is 13.2. The van der Waals surface area contributed by atoms with Gasteiger partial charge >= 0.3 is 5.97 Å². The number of anilines is 3. The lowest BCUT2D eigenvalue weighted by Crippen LogP contribution is -2.54. The van der Waals surface area contributed by atoms with Crippen LogP contribution in [0, 0.1) is 0 Å². The highest BCUT2D eigenvalue weighted by Crippen LogP contribution is 2.33. The molecular formula is C46H56N12O10. The summed E-state index contributed by atoms with van der Waals surface area (Å²) in [6, 6.07) is 8.73. The SMILES string of the molecule is CN(Cc1cnc2nc(N)nc(N)c2n1)c1ccc(C(=O)N[C@@H](CCC(=O)NCCCCCCCCCCCNC(=O)COc2cccc3c2C(=O)N(C2CCC(=O)NC2=O)C3=O)C(=O)O)cc1. The zero-order valence-electron chi connectivity index (χ0n) is 37.8. The second kappa shape index (κ2) is 23.6. The fraction of sp³-hybridized carbons (Fsp3) is 0.435. The van der Waals surface area contributed by atoms with Gasteiger partial charge in [-0.3, -0.25) is 43.8 Å². The molecule has 7 amide bonds. The zero-order valence-corrected chi connectivity index (χ0v) is 37.8. The number of fused-ring (bicyclic) bond motifs is 2. The molecule has 1 saturated heterocycles. The molecular weight excluding hydrogens is 881 g/mol. The number of carboxylic acids is 1. The molecule has 0 radical (unpaired) electrons. The number of piperidine rings is 1. The van der Waals surface area contributed by atoms with Crippen molar-refractivity contribution in [2.24, 2.45) is 0 Å². The summed E-state index contributed by atoms with van der Waals surface area (Å²) in [5.41, 5.74) is 13.9. The van der Waals surface area contributed by atoms with Crippen LogP contribution in [0.1, 0.15) is 120 Å². The molecule has 4 aromatic rings. The van der Waals surface area contributed by atoms with Crippen LogP contribution in [-0.4, -0.2) is 116 Å². The van der Waals surface area contributed by atoms with Gasteiger partial charge in [-0.2, -0.15) is 9.97 Å². The number of benzene rings is 2. The molecule has 1 fully saturated rings. The van der Waals surface area contributed by atoms with Crippen molar-refractivity contribution >= 4 is 75.9 Å². The van der Waals surface area contributed by atoms with Gasteiger partial charge in [-0.05, 0) is 62.1 Å². The van der Waals surface area contributed by atoms with Crippen LogP contribution in [0.2, 0.25) is 0 Å². The molecule has 0 saturated carbocycles. The summed E-state index contributed by atoms with van der Waals surface area (Å²) in [7, 11) is 1.83. The Labute approximate surface area is 391 Å². The van der Waals surface area contributed by atoms with Gasteiger partial charge in [0, 0.05) is 44.2 Å². The van der Waals surface area contributed by atoms with Gasteiger partial charge in [0.25, 0.3) is 23.6 Å². The zero-order chi connectivity index (χ0) is 48.7. The Morgan fingerprint density at radius 2 is 1.53 bits per heavy atom. The molecule has 360 valence electrons. The average molecular weight is 937 g/mol. The van der Waals surface area contributed by atoms with Crippen molar-refractivity contribution in [2.75, 3.05) is 43.1 Å². The quantitative estimate of drug-likeness (QED) is 0.0371. The summed E-state index contributed by atoms with van der Waals surface area (Å²) in [5, 5.41) is 20.0. The van der Waals surface area contributed by atoms with Crippen molar-refractivity contribution in [3.63, 3.8) is 0 Å². The fourth-order valence-corrected chi connectivity index (χ4v) is 7.86. The largest absolute Gasteiger partial charge is 0.483 e. The standard InChI is InChI=1S/C46H56N12O10/c1-57(25-28-24-51-40-38(52-28)39(47)55-46(48)56-40)29-16-14-27(15-17-29)41(62)53-31(45(66)67)18-20-34(59)49-22-9-7-5-3-2-4-6-8-10-23-50-36(61)26-68-33-13-11-12-30-37(33)44(65)58(43(30)64)32-19-21-35(60)54-42(32)63/h11-17,24,31-32H,2-10,18-23,25-26H2,1H3,(H,49,59)(H,50,61)(H,53,62)(H,66,67)(H,54,60,63)(H4,47,48,51,55,56)/t31-,32?/m0/s1. The lowest BCUT2D eigenvalue weighted by molar-refractivity contribution is -0.140. The Kier molecular flexibility index (Phi) is 17.2. The molecule has 9 N–H and O–H groups in total. The third-order valence-electron chi connectivity index (χ3n) is 11.5. The van der Waals surface area contributed by atoms with Crippen molar-refractivity contribution < 1.29 is 48.2 Å². The lowest BCUT2D eigenvalue weighted by atomic mass is 10.0. The van der Waals surface area contributed by atoms with Gasteiger partial charge < -0.3 is 42.2 Å². The maximum Gasteiger partial charge on any atom is 0.326 e. The number of nitrogens with two attached hydrogens (primary N) is 2. The van der Waals surface area contributed by atoms with Gasteiger partial charge in [0.2, 0.25) is 23.7 Å². The molecule has 4 heterocycles. The number of nitrogens with one attached hydrogen (secondary N) is 4. The van der Waals surface area contributed by atoms with Crippen LogP contribution < -0.4 is 42.4 Å². The van der Waals surface area contributed by atoms with Crippen LogP contribution in [0.25, 0.3) is 11.2 Å². The Hall–Kier alpha value is -7.78. The smallest absolute Gasteiger partial charge is 0.326 e. The third kappa shape index (κ3) is 13.2. The molecule has 0 bridgehead atoms. The van der Waals surface area contributed by atoms with Crippen molar-refractivity contribution in [1.82, 2.24) is 46.1 Å². The highest BCUT2D eigenvalue weighted by molar-refractivity contribution is 6.24. The first-order chi connectivity index (χ1) is 32.7. The molecule has 2 aliphatic heterocycles. The summed E-state index contributed by atoms with van der Waals surface area (Å²) in [5.74, 6) is -4.82. The minimum absolute atomic E-state index is 0.00504. The number of nitrogen functional groups attached to an aromatic ring is 2. The number of hydrogen-bond acceptors (Lipinski definition) is 16. The molecule has 2 aliphatic rings. The number of aromatic nitrogens is 4. The first kappa shape index (κ1) is 49.6. The van der Waals surface area contributed by atoms with E-state index < -0.39 is 47.6 Å². The number of hydrogen-bond donors (Lipinski definition) is 7. The number of carboxylic acid groups (broad SMARTS) is 1. The highest BCUT2D eigenvalue weighted by atomic mass is 16.5. The van der Waals surface area contributed by atoms with Crippen molar-refractivity contribution in [1.29, 1.82) is 0 Å². The first-order valence-electron chi connectivity index (χ1n) is 22.6. The normalized spacial score (nSPS) is 14.8. The van der Waals surface area contributed by atoms with E-state index in [-0.39, 0.29) is 84.0 Å². The monoisotopic (exact) mass is 936 g/mol. The number of carbonyl (C=O) groups excluding carboxylic acids is 7. The highest BCUT2D eigenvalue weighted by Gasteiger charge is 2.46. The molecule has 22 nitrogen and oxygen atoms in total.